The van der Waals surface area contributed by atoms with Gasteiger partial charge in [0.1, 0.15) is 6.10 Å². The first kappa shape index (κ1) is 16.5. The van der Waals surface area contributed by atoms with Gasteiger partial charge in [-0.1, -0.05) is 52.7 Å². The quantitative estimate of drug-likeness (QED) is 0.766. The molecule has 2 aromatic rings. The third kappa shape index (κ3) is 3.45. The van der Waals surface area contributed by atoms with E-state index < -0.39 is 5.97 Å². The topological polar surface area (TPSA) is 51.7 Å². The number of thiazole rings is 1. The number of carbonyl (C=O) groups is 1. The van der Waals surface area contributed by atoms with Crippen LogP contribution in [0, 0.1) is 0 Å². The van der Waals surface area contributed by atoms with Crippen molar-refractivity contribution >= 4 is 45.6 Å². The van der Waals surface area contributed by atoms with Gasteiger partial charge in [0.05, 0.1) is 20.3 Å². The molecule has 1 unspecified atom stereocenters. The largest absolute Gasteiger partial charge is 0.465 e. The summed E-state index contributed by atoms with van der Waals surface area (Å²) in [4.78, 5) is 18.3. The van der Waals surface area contributed by atoms with E-state index in [1.54, 1.807) is 0 Å². The number of methoxy groups -OCH3 is 1. The number of nitrogens with zero attached hydrogens (tertiary/aromatic N) is 2. The number of anilines is 1. The molecule has 5 nitrogen and oxygen atoms in total. The van der Waals surface area contributed by atoms with Gasteiger partial charge in [-0.25, -0.2) is 9.78 Å². The third-order valence-electron chi connectivity index (χ3n) is 3.53. The van der Waals surface area contributed by atoms with Crippen LogP contribution in [-0.2, 0) is 9.47 Å². The summed E-state index contributed by atoms with van der Waals surface area (Å²) in [6, 6.07) is 7.61. The van der Waals surface area contributed by atoms with Crippen molar-refractivity contribution in [3.05, 3.63) is 44.9 Å². The first-order chi connectivity index (χ1) is 11.1. The molecule has 1 aromatic carbocycles. The van der Waals surface area contributed by atoms with Gasteiger partial charge in [-0.15, -0.1) is 0 Å². The molecule has 0 radical (unpaired) electrons. The highest BCUT2D eigenvalue weighted by Gasteiger charge is 2.27. The van der Waals surface area contributed by atoms with Crippen molar-refractivity contribution in [1.29, 1.82) is 0 Å². The number of carbonyl (C=O) groups excluding carboxylic acids is 1. The number of hydrogen-bond acceptors (Lipinski definition) is 6. The summed E-state index contributed by atoms with van der Waals surface area (Å²) < 4.78 is 10.5. The molecule has 2 heterocycles. The van der Waals surface area contributed by atoms with E-state index in [0.29, 0.717) is 34.7 Å². The zero-order valence-electron chi connectivity index (χ0n) is 12.3. The van der Waals surface area contributed by atoms with Crippen LogP contribution in [0.1, 0.15) is 21.3 Å². The monoisotopic (exact) mass is 372 g/mol. The zero-order valence-corrected chi connectivity index (χ0v) is 14.6. The first-order valence-corrected chi connectivity index (χ1v) is 8.53. The maximum absolute atomic E-state index is 11.7. The second-order valence-electron chi connectivity index (χ2n) is 4.93. The molecule has 0 spiro atoms. The van der Waals surface area contributed by atoms with Crippen molar-refractivity contribution in [2.24, 2.45) is 0 Å². The number of morpholine rings is 1. The van der Waals surface area contributed by atoms with Gasteiger partial charge in [0.2, 0.25) is 0 Å². The fourth-order valence-corrected chi connectivity index (χ4v) is 3.88. The minimum atomic E-state index is -0.477. The van der Waals surface area contributed by atoms with Crippen LogP contribution >= 0.6 is 34.5 Å². The Hall–Kier alpha value is -1.34. The molecule has 0 aliphatic carbocycles. The van der Waals surface area contributed by atoms with Crippen LogP contribution in [-0.4, -0.2) is 37.8 Å². The Morgan fingerprint density at radius 3 is 2.96 bits per heavy atom. The van der Waals surface area contributed by atoms with E-state index >= 15 is 0 Å². The second-order valence-corrected chi connectivity index (χ2v) is 6.68. The predicted molar refractivity (Wildman–Crippen MR) is 90.8 cm³/mol. The average Bonchev–Trinajstić information content (AvgIpc) is 2.96. The summed E-state index contributed by atoms with van der Waals surface area (Å²) in [6.45, 7) is 1.81. The molecule has 0 N–H and O–H groups in total. The number of rotatable bonds is 3. The van der Waals surface area contributed by atoms with E-state index in [9.17, 15) is 4.79 Å². The summed E-state index contributed by atoms with van der Waals surface area (Å²) in [7, 11) is 1.32. The molecule has 1 atom stereocenters. The number of halogens is 2. The molecule has 3 rings (SSSR count). The predicted octanol–water partition coefficient (Wildman–Crippen LogP) is 3.81. The Morgan fingerprint density at radius 1 is 1.43 bits per heavy atom. The van der Waals surface area contributed by atoms with Crippen molar-refractivity contribution < 1.29 is 14.3 Å². The zero-order chi connectivity index (χ0) is 16.4. The number of ether oxygens (including phenoxy) is 2. The molecule has 1 fully saturated rings. The van der Waals surface area contributed by atoms with E-state index in [4.69, 9.17) is 32.7 Å². The molecule has 0 saturated carbocycles. The highest BCUT2D eigenvalue weighted by molar-refractivity contribution is 7.18. The lowest BCUT2D eigenvalue weighted by Gasteiger charge is -2.33. The maximum Gasteiger partial charge on any atom is 0.351 e. The van der Waals surface area contributed by atoms with Crippen LogP contribution in [0.15, 0.2) is 24.3 Å². The van der Waals surface area contributed by atoms with Gasteiger partial charge in [-0.05, 0) is 6.07 Å². The standard InChI is InChI=1S/C15H14Cl2N2O3S/c1-21-14(20)12-13(17)18-15(23-12)19-6-7-22-11(8-19)9-4-2-3-5-10(9)16/h2-5,11H,6-8H2,1H3. The summed E-state index contributed by atoms with van der Waals surface area (Å²) >= 11 is 13.5. The van der Waals surface area contributed by atoms with Gasteiger partial charge in [-0.3, -0.25) is 0 Å². The molecule has 1 aliphatic rings. The van der Waals surface area contributed by atoms with Crippen molar-refractivity contribution in [2.75, 3.05) is 31.7 Å². The van der Waals surface area contributed by atoms with Crippen LogP contribution in [0.25, 0.3) is 0 Å². The molecular formula is C15H14Cl2N2O3S. The van der Waals surface area contributed by atoms with Crippen molar-refractivity contribution in [3.63, 3.8) is 0 Å². The number of aromatic nitrogens is 1. The van der Waals surface area contributed by atoms with Gasteiger partial charge in [0.15, 0.2) is 15.2 Å². The number of hydrogen-bond donors (Lipinski definition) is 0. The van der Waals surface area contributed by atoms with E-state index in [1.807, 2.05) is 29.2 Å². The van der Waals surface area contributed by atoms with E-state index in [0.717, 1.165) is 5.56 Å². The Morgan fingerprint density at radius 2 is 2.22 bits per heavy atom. The van der Waals surface area contributed by atoms with Gasteiger partial charge in [-0.2, -0.15) is 0 Å². The smallest absolute Gasteiger partial charge is 0.351 e. The Labute approximate surface area is 147 Å². The Kier molecular flexibility index (Phi) is 5.06. The van der Waals surface area contributed by atoms with Crippen LogP contribution in [0.4, 0.5) is 5.13 Å². The minimum Gasteiger partial charge on any atom is -0.465 e. The number of esters is 1. The van der Waals surface area contributed by atoms with Gasteiger partial charge in [0.25, 0.3) is 0 Å². The highest BCUT2D eigenvalue weighted by Crippen LogP contribution is 2.34. The molecule has 0 amide bonds. The lowest BCUT2D eigenvalue weighted by molar-refractivity contribution is 0.0398. The van der Waals surface area contributed by atoms with E-state index in [-0.39, 0.29) is 11.3 Å². The molecule has 1 aromatic heterocycles. The second kappa shape index (κ2) is 7.05. The highest BCUT2D eigenvalue weighted by atomic mass is 35.5. The fraction of sp³-hybridized carbons (Fsp3) is 0.333. The average molecular weight is 373 g/mol. The Bertz CT molecular complexity index is 722. The maximum atomic E-state index is 11.7. The van der Waals surface area contributed by atoms with Gasteiger partial charge >= 0.3 is 5.97 Å². The van der Waals surface area contributed by atoms with Crippen LogP contribution in [0.5, 0.6) is 0 Å². The normalized spacial score (nSPS) is 18.0. The van der Waals surface area contributed by atoms with Gasteiger partial charge < -0.3 is 14.4 Å². The minimum absolute atomic E-state index is 0.151. The third-order valence-corrected chi connectivity index (χ3v) is 5.36. The molecule has 23 heavy (non-hydrogen) atoms. The number of benzene rings is 1. The first-order valence-electron chi connectivity index (χ1n) is 6.95. The Balaban J connectivity index is 1.82. The van der Waals surface area contributed by atoms with Crippen LogP contribution in [0.3, 0.4) is 0 Å². The van der Waals surface area contributed by atoms with Crippen LogP contribution < -0.4 is 4.90 Å². The van der Waals surface area contributed by atoms with E-state index in [2.05, 4.69) is 4.98 Å². The summed E-state index contributed by atoms with van der Waals surface area (Å²) in [6.07, 6.45) is -0.151. The lowest BCUT2D eigenvalue weighted by Crippen LogP contribution is -2.38. The molecule has 1 saturated heterocycles. The van der Waals surface area contributed by atoms with Gasteiger partial charge in [0, 0.05) is 17.1 Å². The molecular weight excluding hydrogens is 359 g/mol. The molecule has 8 heteroatoms. The molecule has 0 bridgehead atoms. The molecule has 122 valence electrons. The SMILES string of the molecule is COC(=O)c1sc(N2CCOC(c3ccccc3Cl)C2)nc1Cl. The molecule has 1 aliphatic heterocycles. The van der Waals surface area contributed by atoms with Crippen molar-refractivity contribution in [3.8, 4) is 0 Å². The van der Waals surface area contributed by atoms with Crippen molar-refractivity contribution in [1.82, 2.24) is 4.98 Å². The summed E-state index contributed by atoms with van der Waals surface area (Å²) in [5, 5.41) is 1.51. The van der Waals surface area contributed by atoms with Crippen LogP contribution in [0.2, 0.25) is 10.2 Å². The lowest BCUT2D eigenvalue weighted by atomic mass is 10.1. The summed E-state index contributed by atoms with van der Waals surface area (Å²) in [5.74, 6) is -0.477. The summed E-state index contributed by atoms with van der Waals surface area (Å²) in [5.41, 5.74) is 0.940. The van der Waals surface area contributed by atoms with E-state index in [1.165, 1.54) is 18.4 Å². The van der Waals surface area contributed by atoms with Crippen molar-refractivity contribution in [2.45, 2.75) is 6.10 Å². The fourth-order valence-electron chi connectivity index (χ4n) is 2.39.